The molecule has 4 rings (SSSR count). The number of para-hydroxylation sites is 1. The van der Waals surface area contributed by atoms with Gasteiger partial charge in [-0.15, -0.1) is 0 Å². The molecular weight excluding hydrogens is 298 g/mol. The molecule has 1 N–H and O–H groups in total. The SMILES string of the molecule is Cc1[nH]c2c(C(=O)N3CC(N4CCCC[C@H]4C)C3)cccc2c1C. The van der Waals surface area contributed by atoms with Crippen LogP contribution in [0, 0.1) is 13.8 Å². The predicted octanol–water partition coefficient (Wildman–Crippen LogP) is 3.48. The first-order valence-corrected chi connectivity index (χ1v) is 9.19. The lowest BCUT2D eigenvalue weighted by molar-refractivity contribution is 0.00222. The largest absolute Gasteiger partial charge is 0.358 e. The quantitative estimate of drug-likeness (QED) is 0.918. The average molecular weight is 325 g/mol. The van der Waals surface area contributed by atoms with Crippen molar-refractivity contribution < 1.29 is 4.79 Å². The Hall–Kier alpha value is -1.81. The number of nitrogens with one attached hydrogen (secondary N) is 1. The van der Waals surface area contributed by atoms with Crippen LogP contribution in [0.25, 0.3) is 10.9 Å². The molecular formula is C20H27N3O. The van der Waals surface area contributed by atoms with Crippen LogP contribution in [0.1, 0.15) is 47.8 Å². The highest BCUT2D eigenvalue weighted by molar-refractivity contribution is 6.07. The van der Waals surface area contributed by atoms with E-state index in [0.717, 1.165) is 29.9 Å². The number of aromatic amines is 1. The number of carbonyl (C=O) groups excluding carboxylic acids is 1. The van der Waals surface area contributed by atoms with Crippen molar-refractivity contribution in [3.05, 3.63) is 35.0 Å². The number of amides is 1. The molecule has 0 saturated carbocycles. The van der Waals surface area contributed by atoms with Crippen LogP contribution in [-0.4, -0.2) is 52.4 Å². The van der Waals surface area contributed by atoms with Gasteiger partial charge < -0.3 is 9.88 Å². The molecule has 128 valence electrons. The fourth-order valence-corrected chi connectivity index (χ4v) is 4.32. The van der Waals surface area contributed by atoms with Gasteiger partial charge in [0.2, 0.25) is 0 Å². The molecule has 2 fully saturated rings. The molecule has 2 aliphatic heterocycles. The minimum absolute atomic E-state index is 0.169. The Labute approximate surface area is 143 Å². The molecule has 1 aromatic carbocycles. The fourth-order valence-electron chi connectivity index (χ4n) is 4.32. The van der Waals surface area contributed by atoms with Gasteiger partial charge in [0, 0.05) is 36.3 Å². The van der Waals surface area contributed by atoms with Gasteiger partial charge in [0.05, 0.1) is 11.1 Å². The smallest absolute Gasteiger partial charge is 0.256 e. The lowest BCUT2D eigenvalue weighted by Crippen LogP contribution is -2.63. The summed E-state index contributed by atoms with van der Waals surface area (Å²) < 4.78 is 0. The summed E-state index contributed by atoms with van der Waals surface area (Å²) in [4.78, 5) is 21.0. The van der Waals surface area contributed by atoms with Crippen LogP contribution in [0.5, 0.6) is 0 Å². The average Bonchev–Trinajstić information content (AvgIpc) is 2.82. The first-order valence-electron chi connectivity index (χ1n) is 9.19. The Morgan fingerprint density at radius 1 is 1.21 bits per heavy atom. The van der Waals surface area contributed by atoms with Crippen molar-refractivity contribution in [2.75, 3.05) is 19.6 Å². The number of hydrogen-bond acceptors (Lipinski definition) is 2. The second-order valence-electron chi connectivity index (χ2n) is 7.55. The van der Waals surface area contributed by atoms with Crippen molar-refractivity contribution >= 4 is 16.8 Å². The van der Waals surface area contributed by atoms with E-state index in [1.54, 1.807) is 0 Å². The van der Waals surface area contributed by atoms with Gasteiger partial charge >= 0.3 is 0 Å². The molecule has 1 aromatic heterocycles. The first kappa shape index (κ1) is 15.7. The number of rotatable bonds is 2. The molecule has 0 radical (unpaired) electrons. The monoisotopic (exact) mass is 325 g/mol. The molecule has 0 unspecified atom stereocenters. The van der Waals surface area contributed by atoms with Crippen LogP contribution in [-0.2, 0) is 0 Å². The molecule has 2 aliphatic rings. The number of aryl methyl sites for hydroxylation is 2. The lowest BCUT2D eigenvalue weighted by atomic mass is 9.96. The minimum Gasteiger partial charge on any atom is -0.358 e. The number of H-pyrrole nitrogens is 1. The number of hydrogen-bond donors (Lipinski definition) is 1. The molecule has 0 aliphatic carbocycles. The number of likely N-dealkylation sites (tertiary alicyclic amines) is 2. The summed E-state index contributed by atoms with van der Waals surface area (Å²) >= 11 is 0. The fraction of sp³-hybridized carbons (Fsp3) is 0.550. The van der Waals surface area contributed by atoms with Crippen LogP contribution >= 0.6 is 0 Å². The van der Waals surface area contributed by atoms with Crippen molar-refractivity contribution in [2.45, 2.75) is 52.1 Å². The Kier molecular flexibility index (Phi) is 3.87. The maximum Gasteiger partial charge on any atom is 0.256 e. The van der Waals surface area contributed by atoms with E-state index < -0.39 is 0 Å². The number of fused-ring (bicyclic) bond motifs is 1. The molecule has 2 saturated heterocycles. The van der Waals surface area contributed by atoms with Gasteiger partial charge in [0.25, 0.3) is 5.91 Å². The van der Waals surface area contributed by atoms with Gasteiger partial charge in [-0.1, -0.05) is 18.6 Å². The molecule has 3 heterocycles. The zero-order valence-electron chi connectivity index (χ0n) is 14.9. The highest BCUT2D eigenvalue weighted by Gasteiger charge is 2.38. The van der Waals surface area contributed by atoms with Crippen LogP contribution < -0.4 is 0 Å². The Morgan fingerprint density at radius 3 is 2.75 bits per heavy atom. The summed E-state index contributed by atoms with van der Waals surface area (Å²) in [5.41, 5.74) is 4.19. The maximum atomic E-state index is 13.0. The van der Waals surface area contributed by atoms with Crippen molar-refractivity contribution in [1.29, 1.82) is 0 Å². The van der Waals surface area contributed by atoms with E-state index in [2.05, 4.69) is 36.7 Å². The van der Waals surface area contributed by atoms with Gasteiger partial charge in [-0.25, -0.2) is 0 Å². The summed E-state index contributed by atoms with van der Waals surface area (Å²) in [5.74, 6) is 0.169. The number of piperidine rings is 1. The number of carbonyl (C=O) groups is 1. The zero-order valence-corrected chi connectivity index (χ0v) is 14.9. The summed E-state index contributed by atoms with van der Waals surface area (Å²) in [6.07, 6.45) is 3.94. The van der Waals surface area contributed by atoms with Crippen molar-refractivity contribution in [1.82, 2.24) is 14.8 Å². The minimum atomic E-state index is 0.169. The standard InChI is InChI=1S/C20H27N3O/c1-13-7-4-5-10-23(13)16-11-22(12-16)20(24)18-9-6-8-17-14(2)15(3)21-19(17)18/h6,8-9,13,16,21H,4-5,7,10-12H2,1-3H3/t13-/m1/s1. The van der Waals surface area contributed by atoms with Crippen LogP contribution in [0.2, 0.25) is 0 Å². The summed E-state index contributed by atoms with van der Waals surface area (Å²) in [5, 5.41) is 1.17. The van der Waals surface area contributed by atoms with Crippen molar-refractivity contribution in [2.24, 2.45) is 0 Å². The van der Waals surface area contributed by atoms with Gasteiger partial charge in [0.15, 0.2) is 0 Å². The number of aromatic nitrogens is 1. The molecule has 4 heteroatoms. The molecule has 4 nitrogen and oxygen atoms in total. The third-order valence-corrected chi connectivity index (χ3v) is 6.05. The number of nitrogens with zero attached hydrogens (tertiary/aromatic N) is 2. The Bertz CT molecular complexity index is 773. The molecule has 2 aromatic rings. The predicted molar refractivity (Wildman–Crippen MR) is 97.5 cm³/mol. The van der Waals surface area contributed by atoms with E-state index in [9.17, 15) is 4.79 Å². The van der Waals surface area contributed by atoms with Crippen LogP contribution in [0.4, 0.5) is 0 Å². The maximum absolute atomic E-state index is 13.0. The van der Waals surface area contributed by atoms with E-state index in [1.165, 1.54) is 36.8 Å². The second kappa shape index (κ2) is 5.92. The van der Waals surface area contributed by atoms with E-state index in [4.69, 9.17) is 0 Å². The lowest BCUT2D eigenvalue weighted by Gasteiger charge is -2.49. The van der Waals surface area contributed by atoms with Gasteiger partial charge in [-0.3, -0.25) is 9.69 Å². The van der Waals surface area contributed by atoms with Crippen molar-refractivity contribution in [3.8, 4) is 0 Å². The third kappa shape index (κ3) is 2.44. The normalized spacial score (nSPS) is 22.8. The Balaban J connectivity index is 1.51. The summed E-state index contributed by atoms with van der Waals surface area (Å²) in [6.45, 7) is 9.45. The molecule has 0 spiro atoms. The van der Waals surface area contributed by atoms with E-state index in [1.807, 2.05) is 17.0 Å². The van der Waals surface area contributed by atoms with E-state index in [-0.39, 0.29) is 5.91 Å². The molecule has 0 bridgehead atoms. The Morgan fingerprint density at radius 2 is 2.00 bits per heavy atom. The van der Waals surface area contributed by atoms with Crippen LogP contribution in [0.15, 0.2) is 18.2 Å². The topological polar surface area (TPSA) is 39.3 Å². The van der Waals surface area contributed by atoms with Gasteiger partial charge in [0.1, 0.15) is 0 Å². The van der Waals surface area contributed by atoms with Gasteiger partial charge in [-0.05, 0) is 51.8 Å². The van der Waals surface area contributed by atoms with Crippen LogP contribution in [0.3, 0.4) is 0 Å². The van der Waals surface area contributed by atoms with Crippen molar-refractivity contribution in [3.63, 3.8) is 0 Å². The highest BCUT2D eigenvalue weighted by atomic mass is 16.2. The molecule has 1 atom stereocenters. The summed E-state index contributed by atoms with van der Waals surface area (Å²) in [6, 6.07) is 7.27. The summed E-state index contributed by atoms with van der Waals surface area (Å²) in [7, 11) is 0. The van der Waals surface area contributed by atoms with E-state index in [0.29, 0.717) is 12.1 Å². The third-order valence-electron chi connectivity index (χ3n) is 6.05. The first-order chi connectivity index (χ1) is 11.6. The zero-order chi connectivity index (χ0) is 16.8. The molecule has 24 heavy (non-hydrogen) atoms. The second-order valence-corrected chi connectivity index (χ2v) is 7.55. The molecule has 1 amide bonds. The van der Waals surface area contributed by atoms with E-state index >= 15 is 0 Å². The highest BCUT2D eigenvalue weighted by Crippen LogP contribution is 2.28. The van der Waals surface area contributed by atoms with Gasteiger partial charge in [-0.2, -0.15) is 0 Å². The number of benzene rings is 1.